The molecule has 102 valence electrons. The molecule has 0 saturated heterocycles. The molecule has 0 aliphatic rings. The second kappa shape index (κ2) is 5.77. The van der Waals surface area contributed by atoms with Crippen molar-refractivity contribution in [3.63, 3.8) is 0 Å². The van der Waals surface area contributed by atoms with Crippen LogP contribution in [-0.2, 0) is 22.7 Å². The number of benzene rings is 1. The molecule has 0 atom stereocenters. The molecule has 0 aliphatic heterocycles. The number of fused-ring (bicyclic) bond motifs is 1. The number of nitrogens with zero attached hydrogens (tertiary/aromatic N) is 2. The predicted molar refractivity (Wildman–Crippen MR) is 72.7 cm³/mol. The zero-order valence-corrected chi connectivity index (χ0v) is 11.7. The van der Waals surface area contributed by atoms with Crippen molar-refractivity contribution in [3.05, 3.63) is 28.0 Å². The Kier molecular flexibility index (Phi) is 4.29. The van der Waals surface area contributed by atoms with Gasteiger partial charge in [-0.1, -0.05) is 23.2 Å². The monoisotopic (exact) mass is 302 g/mol. The molecule has 1 aromatic carbocycles. The second-order valence-electron chi connectivity index (χ2n) is 3.90. The van der Waals surface area contributed by atoms with Gasteiger partial charge in [-0.25, -0.2) is 4.98 Å². The number of aliphatic carboxylic acids is 1. The summed E-state index contributed by atoms with van der Waals surface area (Å²) >= 11 is 11.9. The third-order valence-corrected chi connectivity index (χ3v) is 3.32. The van der Waals surface area contributed by atoms with Gasteiger partial charge in [0.05, 0.1) is 21.1 Å². The molecule has 0 radical (unpaired) electrons. The SMILES string of the molecule is CCOCc1nc2cc(Cl)c(Cl)cc2n1CC(=O)O. The van der Waals surface area contributed by atoms with Gasteiger partial charge >= 0.3 is 5.97 Å². The van der Waals surface area contributed by atoms with E-state index < -0.39 is 5.97 Å². The van der Waals surface area contributed by atoms with Gasteiger partial charge in [0.2, 0.25) is 0 Å². The van der Waals surface area contributed by atoms with Crippen molar-refractivity contribution in [2.24, 2.45) is 0 Å². The lowest BCUT2D eigenvalue weighted by molar-refractivity contribution is -0.137. The van der Waals surface area contributed by atoms with Gasteiger partial charge in [-0.05, 0) is 19.1 Å². The minimum Gasteiger partial charge on any atom is -0.480 e. The number of rotatable bonds is 5. The van der Waals surface area contributed by atoms with Gasteiger partial charge in [-0.3, -0.25) is 4.79 Å². The van der Waals surface area contributed by atoms with Crippen LogP contribution in [0.5, 0.6) is 0 Å². The molecule has 0 saturated carbocycles. The largest absolute Gasteiger partial charge is 0.480 e. The zero-order valence-electron chi connectivity index (χ0n) is 10.2. The maximum atomic E-state index is 10.9. The highest BCUT2D eigenvalue weighted by Gasteiger charge is 2.15. The summed E-state index contributed by atoms with van der Waals surface area (Å²) < 4.78 is 6.85. The van der Waals surface area contributed by atoms with Gasteiger partial charge in [0.25, 0.3) is 0 Å². The summed E-state index contributed by atoms with van der Waals surface area (Å²) in [5.74, 6) is -0.416. The molecular formula is C12H12Cl2N2O3. The first-order valence-electron chi connectivity index (χ1n) is 5.66. The third-order valence-electron chi connectivity index (χ3n) is 2.60. The zero-order chi connectivity index (χ0) is 14.0. The Bertz CT molecular complexity index is 625. The Morgan fingerprint density at radius 3 is 2.74 bits per heavy atom. The highest BCUT2D eigenvalue weighted by molar-refractivity contribution is 6.42. The molecule has 2 aromatic rings. The summed E-state index contributed by atoms with van der Waals surface area (Å²) in [6, 6.07) is 3.23. The minimum absolute atomic E-state index is 0.198. The smallest absolute Gasteiger partial charge is 0.323 e. The van der Waals surface area contributed by atoms with Crippen molar-refractivity contribution in [2.45, 2.75) is 20.1 Å². The highest BCUT2D eigenvalue weighted by atomic mass is 35.5. The molecule has 0 spiro atoms. The number of carbonyl (C=O) groups is 1. The van der Waals surface area contributed by atoms with Crippen LogP contribution in [0.15, 0.2) is 12.1 Å². The molecule has 0 amide bonds. The summed E-state index contributed by atoms with van der Waals surface area (Å²) in [7, 11) is 0. The Morgan fingerprint density at radius 1 is 1.42 bits per heavy atom. The van der Waals surface area contributed by atoms with Crippen molar-refractivity contribution in [1.82, 2.24) is 9.55 Å². The number of carboxylic acid groups (broad SMARTS) is 1. The Morgan fingerprint density at radius 2 is 2.11 bits per heavy atom. The van der Waals surface area contributed by atoms with E-state index in [-0.39, 0.29) is 13.2 Å². The number of aromatic nitrogens is 2. The molecule has 0 aliphatic carbocycles. The van der Waals surface area contributed by atoms with E-state index in [4.69, 9.17) is 33.0 Å². The summed E-state index contributed by atoms with van der Waals surface area (Å²) in [5.41, 5.74) is 1.23. The fraction of sp³-hybridized carbons (Fsp3) is 0.333. The number of ether oxygens (including phenoxy) is 1. The van der Waals surface area contributed by atoms with E-state index >= 15 is 0 Å². The summed E-state index contributed by atoms with van der Waals surface area (Å²) in [6.45, 7) is 2.43. The maximum absolute atomic E-state index is 10.9. The molecule has 1 heterocycles. The molecule has 1 N–H and O–H groups in total. The van der Waals surface area contributed by atoms with E-state index in [1.54, 1.807) is 16.7 Å². The fourth-order valence-electron chi connectivity index (χ4n) is 1.79. The lowest BCUT2D eigenvalue weighted by Crippen LogP contribution is -2.12. The molecule has 2 rings (SSSR count). The van der Waals surface area contributed by atoms with E-state index in [1.165, 1.54) is 0 Å². The Hall–Kier alpha value is -1.30. The average molecular weight is 303 g/mol. The molecule has 0 bridgehead atoms. The van der Waals surface area contributed by atoms with Crippen LogP contribution in [0.25, 0.3) is 11.0 Å². The van der Waals surface area contributed by atoms with Crippen molar-refractivity contribution in [3.8, 4) is 0 Å². The fourth-order valence-corrected chi connectivity index (χ4v) is 2.10. The lowest BCUT2D eigenvalue weighted by Gasteiger charge is -2.06. The van der Waals surface area contributed by atoms with Gasteiger partial charge in [0, 0.05) is 6.61 Å². The van der Waals surface area contributed by atoms with E-state index in [0.717, 1.165) is 0 Å². The molecule has 1 aromatic heterocycles. The number of hydrogen-bond acceptors (Lipinski definition) is 3. The van der Waals surface area contributed by atoms with Gasteiger partial charge in [-0.15, -0.1) is 0 Å². The van der Waals surface area contributed by atoms with Crippen molar-refractivity contribution < 1.29 is 14.6 Å². The third kappa shape index (κ3) is 3.00. The van der Waals surface area contributed by atoms with Gasteiger partial charge in [0.15, 0.2) is 0 Å². The number of halogens is 2. The van der Waals surface area contributed by atoms with Gasteiger partial charge < -0.3 is 14.4 Å². The highest BCUT2D eigenvalue weighted by Crippen LogP contribution is 2.28. The first-order chi connectivity index (χ1) is 9.02. The van der Waals surface area contributed by atoms with Crippen LogP contribution in [-0.4, -0.2) is 27.2 Å². The van der Waals surface area contributed by atoms with Gasteiger partial charge in [0.1, 0.15) is 19.0 Å². The summed E-state index contributed by atoms with van der Waals surface area (Å²) in [5, 5.41) is 9.72. The van der Waals surface area contributed by atoms with Crippen LogP contribution in [0.3, 0.4) is 0 Å². The van der Waals surface area contributed by atoms with E-state index in [2.05, 4.69) is 4.98 Å². The first-order valence-corrected chi connectivity index (χ1v) is 6.42. The molecule has 19 heavy (non-hydrogen) atoms. The van der Waals surface area contributed by atoms with Crippen LogP contribution in [0.4, 0.5) is 0 Å². The average Bonchev–Trinajstić information content (AvgIpc) is 2.65. The maximum Gasteiger partial charge on any atom is 0.323 e. The predicted octanol–water partition coefficient (Wildman–Crippen LogP) is 2.96. The number of carboxylic acids is 1. The van der Waals surface area contributed by atoms with Crippen LogP contribution in [0, 0.1) is 0 Å². The van der Waals surface area contributed by atoms with E-state index in [0.29, 0.717) is 33.5 Å². The Labute approximate surface area is 119 Å². The van der Waals surface area contributed by atoms with Gasteiger partial charge in [-0.2, -0.15) is 0 Å². The molecule has 0 fully saturated rings. The van der Waals surface area contributed by atoms with Crippen LogP contribution < -0.4 is 0 Å². The Balaban J connectivity index is 2.55. The summed E-state index contributed by atoms with van der Waals surface area (Å²) in [4.78, 5) is 15.3. The van der Waals surface area contributed by atoms with Crippen LogP contribution in [0.1, 0.15) is 12.7 Å². The quantitative estimate of drug-likeness (QED) is 0.922. The summed E-state index contributed by atoms with van der Waals surface area (Å²) in [6.07, 6.45) is 0. The number of imidazole rings is 1. The minimum atomic E-state index is -0.955. The van der Waals surface area contributed by atoms with Crippen molar-refractivity contribution in [1.29, 1.82) is 0 Å². The number of hydrogen-bond donors (Lipinski definition) is 1. The molecule has 5 nitrogen and oxygen atoms in total. The standard InChI is InChI=1S/C12H12Cl2N2O3/c1-2-19-6-11-15-9-3-7(13)8(14)4-10(9)16(11)5-12(17)18/h3-4H,2,5-6H2,1H3,(H,17,18). The topological polar surface area (TPSA) is 64.4 Å². The molecular weight excluding hydrogens is 291 g/mol. The first kappa shape index (κ1) is 14.1. The van der Waals surface area contributed by atoms with Crippen molar-refractivity contribution in [2.75, 3.05) is 6.61 Å². The van der Waals surface area contributed by atoms with Crippen molar-refractivity contribution >= 4 is 40.2 Å². The van der Waals surface area contributed by atoms with E-state index in [9.17, 15) is 4.79 Å². The lowest BCUT2D eigenvalue weighted by atomic mass is 10.3. The normalized spacial score (nSPS) is 11.1. The molecule has 0 unspecified atom stereocenters. The van der Waals surface area contributed by atoms with Crippen LogP contribution >= 0.6 is 23.2 Å². The second-order valence-corrected chi connectivity index (χ2v) is 4.71. The van der Waals surface area contributed by atoms with E-state index in [1.807, 2.05) is 6.92 Å². The van der Waals surface area contributed by atoms with Crippen LogP contribution in [0.2, 0.25) is 10.0 Å². The molecule has 7 heteroatoms.